The molecule has 3 aromatic carbocycles. The number of aliphatic hydroxyl groups excluding tert-OH is 1. The van der Waals surface area contributed by atoms with Crippen molar-refractivity contribution in [2.45, 2.75) is 70.0 Å². The smallest absolute Gasteiger partial charge is 0.351 e. The Morgan fingerprint density at radius 1 is 0.944 bits per heavy atom. The molecule has 1 fully saturated rings. The van der Waals surface area contributed by atoms with E-state index in [9.17, 15) is 19.8 Å². The van der Waals surface area contributed by atoms with Crippen LogP contribution < -0.4 is 15.2 Å². The minimum Gasteiger partial charge on any atom is -0.497 e. The van der Waals surface area contributed by atoms with Crippen LogP contribution in [0.3, 0.4) is 0 Å². The number of nitrogens with zero attached hydrogens (tertiary/aromatic N) is 4. The van der Waals surface area contributed by atoms with Crippen molar-refractivity contribution in [3.05, 3.63) is 124 Å². The lowest BCUT2D eigenvalue weighted by Gasteiger charge is -2.37. The van der Waals surface area contributed by atoms with Crippen molar-refractivity contribution in [2.75, 3.05) is 33.9 Å². The lowest BCUT2D eigenvalue weighted by molar-refractivity contribution is -0.131. The summed E-state index contributed by atoms with van der Waals surface area (Å²) in [6, 6.07) is 25.0. The minimum absolute atomic E-state index is 0.0493. The molecule has 12 nitrogen and oxygen atoms in total. The Hall–Kier alpha value is -5.30. The number of carboxylic acid groups (broad SMARTS) is 1. The third kappa shape index (κ3) is 9.62. The number of hydrogen-bond acceptors (Lipinski definition) is 9. The van der Waals surface area contributed by atoms with Gasteiger partial charge in [0.25, 0.3) is 0 Å². The molecule has 0 unspecified atom stereocenters. The van der Waals surface area contributed by atoms with Gasteiger partial charge in [0.2, 0.25) is 0 Å². The van der Waals surface area contributed by atoms with Gasteiger partial charge in [0.15, 0.2) is 5.82 Å². The molecule has 2 N–H and O–H groups in total. The van der Waals surface area contributed by atoms with Crippen molar-refractivity contribution < 1.29 is 34.0 Å². The lowest BCUT2D eigenvalue weighted by atomic mass is 9.80. The fraction of sp³-hybridized carbons (Fsp3) is 0.381. The van der Waals surface area contributed by atoms with E-state index in [4.69, 9.17) is 18.9 Å². The number of carboxylic acids is 1. The van der Waals surface area contributed by atoms with Crippen molar-refractivity contribution in [3.8, 4) is 11.5 Å². The van der Waals surface area contributed by atoms with Crippen molar-refractivity contribution in [1.82, 2.24) is 14.5 Å². The predicted molar refractivity (Wildman–Crippen MR) is 208 cm³/mol. The summed E-state index contributed by atoms with van der Waals surface area (Å²) >= 11 is 0. The van der Waals surface area contributed by atoms with Crippen LogP contribution in [-0.4, -0.2) is 83.1 Å². The predicted octanol–water partition coefficient (Wildman–Crippen LogP) is 6.58. The Bertz CT molecular complexity index is 1860. The quantitative estimate of drug-likeness (QED) is 0.0469. The Morgan fingerprint density at radius 2 is 1.52 bits per heavy atom. The van der Waals surface area contributed by atoms with Gasteiger partial charge in [0, 0.05) is 37.3 Å². The van der Waals surface area contributed by atoms with E-state index in [0.29, 0.717) is 17.1 Å². The highest BCUT2D eigenvalue weighted by atomic mass is 16.6. The summed E-state index contributed by atoms with van der Waals surface area (Å²) in [6.45, 7) is 5.79. The number of aromatic nitrogens is 2. The summed E-state index contributed by atoms with van der Waals surface area (Å²) in [4.78, 5) is 35.8. The normalized spacial score (nSPS) is 17.3. The molecule has 0 saturated carbocycles. The maximum Gasteiger partial charge on any atom is 0.351 e. The van der Waals surface area contributed by atoms with E-state index in [1.807, 2.05) is 78.9 Å². The van der Waals surface area contributed by atoms with Crippen molar-refractivity contribution in [3.63, 3.8) is 0 Å². The van der Waals surface area contributed by atoms with Crippen LogP contribution in [0.1, 0.15) is 74.4 Å². The van der Waals surface area contributed by atoms with E-state index in [-0.39, 0.29) is 18.8 Å². The van der Waals surface area contributed by atoms with Crippen LogP contribution in [0, 0.1) is 0 Å². The van der Waals surface area contributed by atoms with Gasteiger partial charge in [-0.2, -0.15) is 4.98 Å². The van der Waals surface area contributed by atoms with Crippen LogP contribution in [0.15, 0.2) is 101 Å². The van der Waals surface area contributed by atoms with Crippen LogP contribution in [0.5, 0.6) is 11.5 Å². The summed E-state index contributed by atoms with van der Waals surface area (Å²) in [6.07, 6.45) is 6.82. The van der Waals surface area contributed by atoms with Crippen LogP contribution in [0.2, 0.25) is 0 Å². The van der Waals surface area contributed by atoms with Gasteiger partial charge >= 0.3 is 11.7 Å². The topological polar surface area (TPSA) is 145 Å². The molecule has 1 aromatic heterocycles. The van der Waals surface area contributed by atoms with E-state index in [1.54, 1.807) is 20.6 Å². The van der Waals surface area contributed by atoms with Crippen LogP contribution in [-0.2, 0) is 19.9 Å². The average Bonchev–Trinajstić information content (AvgIpc) is 3.57. The number of aliphatic imine (C=N–C) groups is 1. The Labute approximate surface area is 316 Å². The first kappa shape index (κ1) is 39.9. The number of unbranched alkanes of at least 4 members (excludes halogenated alkanes) is 2. The van der Waals surface area contributed by atoms with Gasteiger partial charge in [-0.15, -0.1) is 0 Å². The number of carbonyl (C=O) groups is 1. The number of benzene rings is 3. The largest absolute Gasteiger partial charge is 0.497 e. The van der Waals surface area contributed by atoms with Crippen LogP contribution in [0.4, 0.5) is 5.82 Å². The molecule has 2 heterocycles. The summed E-state index contributed by atoms with van der Waals surface area (Å²) in [5.74, 6) is 0.310. The van der Waals surface area contributed by atoms with Gasteiger partial charge in [-0.3, -0.25) is 4.57 Å². The summed E-state index contributed by atoms with van der Waals surface area (Å²) in [5, 5.41) is 20.7. The summed E-state index contributed by atoms with van der Waals surface area (Å²) in [7, 11) is 3.22. The molecule has 0 spiro atoms. The number of rotatable bonds is 19. The molecule has 12 heteroatoms. The van der Waals surface area contributed by atoms with Gasteiger partial charge in [-0.1, -0.05) is 81.3 Å². The molecular weight excluding hydrogens is 688 g/mol. The molecule has 1 saturated heterocycles. The molecule has 4 aromatic rings. The fourth-order valence-electron chi connectivity index (χ4n) is 6.47. The SMILES string of the molecule is CCCCN(/C=N\c1nc(=O)n([C@H]2C[C@@H](O)[C@@H](COC(c3ccccc3)(c3ccc(OC)cc3)c3ccc(OC)cc3)O2)cc1/C=C/C(=O)O)CCCC. The molecule has 5 rings (SSSR count). The van der Waals surface area contributed by atoms with E-state index in [2.05, 4.69) is 28.7 Å². The first-order chi connectivity index (χ1) is 26.2. The van der Waals surface area contributed by atoms with E-state index in [0.717, 1.165) is 61.5 Å². The van der Waals surface area contributed by atoms with Gasteiger partial charge in [0.05, 0.1) is 33.3 Å². The molecule has 54 heavy (non-hydrogen) atoms. The summed E-state index contributed by atoms with van der Waals surface area (Å²) in [5.41, 5.74) is 1.02. The van der Waals surface area contributed by atoms with Crippen molar-refractivity contribution in [1.29, 1.82) is 0 Å². The van der Waals surface area contributed by atoms with Crippen LogP contribution >= 0.6 is 0 Å². The maximum atomic E-state index is 13.5. The molecule has 0 radical (unpaired) electrons. The molecular formula is C42H50N4O8. The highest BCUT2D eigenvalue weighted by molar-refractivity contribution is 5.86. The summed E-state index contributed by atoms with van der Waals surface area (Å²) < 4.78 is 25.5. The molecule has 0 amide bonds. The maximum absolute atomic E-state index is 13.5. The number of hydrogen-bond donors (Lipinski definition) is 2. The second kappa shape index (κ2) is 19.2. The molecule has 286 valence electrons. The van der Waals surface area contributed by atoms with Gasteiger partial charge in [-0.25, -0.2) is 14.6 Å². The number of aliphatic hydroxyl groups is 1. The van der Waals surface area contributed by atoms with Crippen LogP contribution in [0.25, 0.3) is 6.08 Å². The lowest BCUT2D eigenvalue weighted by Crippen LogP contribution is -2.38. The Balaban J connectivity index is 1.47. The molecule has 1 aliphatic heterocycles. The average molecular weight is 739 g/mol. The van der Waals surface area contributed by atoms with Gasteiger partial charge < -0.3 is 34.1 Å². The van der Waals surface area contributed by atoms with Crippen molar-refractivity contribution in [2.24, 2.45) is 4.99 Å². The molecule has 0 bridgehead atoms. The third-order valence-corrected chi connectivity index (χ3v) is 9.46. The van der Waals surface area contributed by atoms with E-state index in [1.165, 1.54) is 16.8 Å². The molecule has 1 aliphatic rings. The Kier molecular flexibility index (Phi) is 14.2. The number of methoxy groups -OCH3 is 2. The zero-order chi connectivity index (χ0) is 38.5. The number of aliphatic carboxylic acids is 1. The van der Waals surface area contributed by atoms with Gasteiger partial charge in [-0.05, 0) is 59.9 Å². The monoisotopic (exact) mass is 738 g/mol. The highest BCUT2D eigenvalue weighted by Crippen LogP contribution is 2.42. The molecule has 0 aliphatic carbocycles. The Morgan fingerprint density at radius 3 is 2.06 bits per heavy atom. The third-order valence-electron chi connectivity index (χ3n) is 9.46. The van der Waals surface area contributed by atoms with E-state index < -0.39 is 35.7 Å². The minimum atomic E-state index is -1.16. The zero-order valence-corrected chi connectivity index (χ0v) is 31.3. The fourth-order valence-corrected chi connectivity index (χ4v) is 6.47. The first-order valence-corrected chi connectivity index (χ1v) is 18.4. The standard InChI is InChI=1S/C42H50N4O8/c1-5-7-24-45(25-8-6-2)29-43-40-30(14-23-39(48)49)27-46(41(50)44-40)38-26-36(47)37(54-38)28-53-42(31-12-10-9-11-13-31,32-15-19-34(51-3)20-16-32)33-17-21-35(52-4)22-18-33/h9-23,27,29,36-38,47H,5-8,24-26,28H2,1-4H3,(H,48,49)/b23-14+,43-29-/t36-,37-,38-/m1/s1. The van der Waals surface area contributed by atoms with Gasteiger partial charge in [0.1, 0.15) is 29.4 Å². The zero-order valence-electron chi connectivity index (χ0n) is 31.3. The number of ether oxygens (including phenoxy) is 4. The first-order valence-electron chi connectivity index (χ1n) is 18.4. The second-order valence-corrected chi connectivity index (χ2v) is 13.1. The second-order valence-electron chi connectivity index (χ2n) is 13.1. The highest BCUT2D eigenvalue weighted by Gasteiger charge is 2.42. The van der Waals surface area contributed by atoms with E-state index >= 15 is 0 Å². The molecule has 3 atom stereocenters. The van der Waals surface area contributed by atoms with Crippen molar-refractivity contribution >= 4 is 24.2 Å².